The van der Waals surface area contributed by atoms with Gasteiger partial charge in [0.1, 0.15) is 0 Å². The van der Waals surface area contributed by atoms with Crippen molar-refractivity contribution in [2.75, 3.05) is 24.7 Å². The lowest BCUT2D eigenvalue weighted by Crippen LogP contribution is -2.42. The van der Waals surface area contributed by atoms with Crippen LogP contribution in [0.4, 0.5) is 5.69 Å². The van der Waals surface area contributed by atoms with E-state index in [9.17, 15) is 9.90 Å². The second-order valence-corrected chi connectivity index (χ2v) is 5.44. The van der Waals surface area contributed by atoms with E-state index in [1.54, 1.807) is 0 Å². The number of hydrogen-bond donors (Lipinski definition) is 1. The van der Waals surface area contributed by atoms with Crippen LogP contribution in [0.25, 0.3) is 0 Å². The summed E-state index contributed by atoms with van der Waals surface area (Å²) in [4.78, 5) is 14.2. The molecule has 0 spiro atoms. The number of hydrogen-bond acceptors (Lipinski definition) is 3. The van der Waals surface area contributed by atoms with Gasteiger partial charge in [0.25, 0.3) is 0 Å². The van der Waals surface area contributed by atoms with E-state index in [0.717, 1.165) is 18.7 Å². The number of anilines is 1. The number of aliphatic hydroxyl groups is 1. The molecule has 1 aromatic carbocycles. The minimum Gasteiger partial charge on any atom is -0.389 e. The molecule has 1 fully saturated rings. The van der Waals surface area contributed by atoms with Crippen LogP contribution in [0.1, 0.15) is 24.8 Å². The van der Waals surface area contributed by atoms with E-state index in [4.69, 9.17) is 4.74 Å². The standard InChI is InChI=1S/C15H19NO3/c17-14(11-15(18)6-9-19-10-7-15)16-8-5-12-3-1-2-4-13(12)16/h1-4,18H,5-11H2. The molecule has 1 N–H and O–H groups in total. The zero-order valence-electron chi connectivity index (χ0n) is 11.0. The monoisotopic (exact) mass is 261 g/mol. The molecule has 19 heavy (non-hydrogen) atoms. The fourth-order valence-electron chi connectivity index (χ4n) is 2.90. The van der Waals surface area contributed by atoms with Crippen molar-refractivity contribution in [3.63, 3.8) is 0 Å². The Balaban J connectivity index is 1.72. The molecule has 0 saturated carbocycles. The number of para-hydroxylation sites is 1. The molecule has 0 bridgehead atoms. The van der Waals surface area contributed by atoms with Crippen molar-refractivity contribution in [2.24, 2.45) is 0 Å². The summed E-state index contributed by atoms with van der Waals surface area (Å²) >= 11 is 0. The molecule has 1 saturated heterocycles. The van der Waals surface area contributed by atoms with Gasteiger partial charge in [-0.05, 0) is 18.1 Å². The second kappa shape index (κ2) is 4.94. The highest BCUT2D eigenvalue weighted by atomic mass is 16.5. The highest BCUT2D eigenvalue weighted by molar-refractivity contribution is 5.96. The summed E-state index contributed by atoms with van der Waals surface area (Å²) in [5.74, 6) is 0.0225. The molecule has 0 atom stereocenters. The van der Waals surface area contributed by atoms with Crippen LogP contribution in [-0.2, 0) is 16.0 Å². The number of carbonyl (C=O) groups is 1. The smallest absolute Gasteiger partial charge is 0.229 e. The third kappa shape index (κ3) is 2.51. The number of fused-ring (bicyclic) bond motifs is 1. The van der Waals surface area contributed by atoms with E-state index < -0.39 is 5.60 Å². The predicted octanol–water partition coefficient (Wildman–Crippen LogP) is 1.51. The second-order valence-electron chi connectivity index (χ2n) is 5.44. The maximum Gasteiger partial charge on any atom is 0.229 e. The minimum atomic E-state index is -0.882. The molecule has 1 amide bonds. The van der Waals surface area contributed by atoms with E-state index >= 15 is 0 Å². The molecule has 1 aromatic rings. The Hall–Kier alpha value is -1.39. The van der Waals surface area contributed by atoms with Crippen LogP contribution in [0.15, 0.2) is 24.3 Å². The number of rotatable bonds is 2. The summed E-state index contributed by atoms with van der Waals surface area (Å²) in [5, 5.41) is 10.4. The fourth-order valence-corrected chi connectivity index (χ4v) is 2.90. The molecule has 0 aliphatic carbocycles. The average molecular weight is 261 g/mol. The summed E-state index contributed by atoms with van der Waals surface area (Å²) in [5.41, 5.74) is 1.34. The quantitative estimate of drug-likeness (QED) is 0.878. The molecule has 2 aliphatic rings. The largest absolute Gasteiger partial charge is 0.389 e. The molecular formula is C15H19NO3. The zero-order chi connectivity index (χ0) is 13.3. The lowest BCUT2D eigenvalue weighted by Gasteiger charge is -2.32. The minimum absolute atomic E-state index is 0.0225. The van der Waals surface area contributed by atoms with Gasteiger partial charge in [0.05, 0.1) is 12.0 Å². The predicted molar refractivity (Wildman–Crippen MR) is 72.1 cm³/mol. The molecule has 3 rings (SSSR count). The van der Waals surface area contributed by atoms with E-state index in [0.29, 0.717) is 26.1 Å². The van der Waals surface area contributed by atoms with Crippen molar-refractivity contribution in [3.8, 4) is 0 Å². The van der Waals surface area contributed by atoms with Crippen molar-refractivity contribution in [1.82, 2.24) is 0 Å². The summed E-state index contributed by atoms with van der Waals surface area (Å²) in [6.07, 6.45) is 2.20. The van der Waals surface area contributed by atoms with Gasteiger partial charge in [0.15, 0.2) is 0 Å². The van der Waals surface area contributed by atoms with Gasteiger partial charge in [-0.1, -0.05) is 18.2 Å². The third-order valence-electron chi connectivity index (χ3n) is 4.09. The Morgan fingerprint density at radius 2 is 2.05 bits per heavy atom. The number of carbonyl (C=O) groups excluding carboxylic acids is 1. The molecule has 0 radical (unpaired) electrons. The number of amides is 1. The summed E-state index contributed by atoms with van der Waals surface area (Å²) in [7, 11) is 0. The van der Waals surface area contributed by atoms with E-state index in [1.807, 2.05) is 23.1 Å². The van der Waals surface area contributed by atoms with Gasteiger partial charge in [0.2, 0.25) is 5.91 Å². The van der Waals surface area contributed by atoms with Gasteiger partial charge >= 0.3 is 0 Å². The van der Waals surface area contributed by atoms with Gasteiger partial charge in [-0.3, -0.25) is 4.79 Å². The van der Waals surface area contributed by atoms with Crippen LogP contribution in [-0.4, -0.2) is 36.4 Å². The average Bonchev–Trinajstić information content (AvgIpc) is 2.83. The molecule has 4 heteroatoms. The van der Waals surface area contributed by atoms with Crippen molar-refractivity contribution < 1.29 is 14.6 Å². The molecule has 0 unspecified atom stereocenters. The van der Waals surface area contributed by atoms with Crippen molar-refractivity contribution in [1.29, 1.82) is 0 Å². The van der Waals surface area contributed by atoms with Crippen molar-refractivity contribution >= 4 is 11.6 Å². The number of benzene rings is 1. The van der Waals surface area contributed by atoms with Gasteiger partial charge in [-0.2, -0.15) is 0 Å². The normalized spacial score (nSPS) is 21.2. The van der Waals surface area contributed by atoms with Crippen LogP contribution in [0.3, 0.4) is 0 Å². The number of nitrogens with zero attached hydrogens (tertiary/aromatic N) is 1. The van der Waals surface area contributed by atoms with Gasteiger partial charge in [0, 0.05) is 38.3 Å². The first-order chi connectivity index (χ1) is 9.18. The highest BCUT2D eigenvalue weighted by Crippen LogP contribution is 2.31. The molecule has 2 aliphatic heterocycles. The van der Waals surface area contributed by atoms with E-state index in [-0.39, 0.29) is 12.3 Å². The first kappa shape index (κ1) is 12.6. The van der Waals surface area contributed by atoms with E-state index in [2.05, 4.69) is 6.07 Å². The third-order valence-corrected chi connectivity index (χ3v) is 4.09. The van der Waals surface area contributed by atoms with Gasteiger partial charge in [-0.25, -0.2) is 0 Å². The lowest BCUT2D eigenvalue weighted by molar-refractivity contribution is -0.128. The Labute approximate surface area is 113 Å². The van der Waals surface area contributed by atoms with Gasteiger partial charge in [-0.15, -0.1) is 0 Å². The lowest BCUT2D eigenvalue weighted by atomic mass is 9.90. The van der Waals surface area contributed by atoms with Crippen molar-refractivity contribution in [3.05, 3.63) is 29.8 Å². The van der Waals surface area contributed by atoms with Crippen LogP contribution < -0.4 is 4.90 Å². The maximum absolute atomic E-state index is 12.4. The summed E-state index contributed by atoms with van der Waals surface area (Å²) in [6, 6.07) is 7.99. The topological polar surface area (TPSA) is 49.8 Å². The van der Waals surface area contributed by atoms with Gasteiger partial charge < -0.3 is 14.7 Å². The molecule has 4 nitrogen and oxygen atoms in total. The summed E-state index contributed by atoms with van der Waals surface area (Å²) < 4.78 is 5.24. The SMILES string of the molecule is O=C(CC1(O)CCOCC1)N1CCc2ccccc21. The fraction of sp³-hybridized carbons (Fsp3) is 0.533. The maximum atomic E-state index is 12.4. The molecule has 102 valence electrons. The Bertz CT molecular complexity index is 480. The summed E-state index contributed by atoms with van der Waals surface area (Å²) in [6.45, 7) is 1.81. The van der Waals surface area contributed by atoms with E-state index in [1.165, 1.54) is 5.56 Å². The van der Waals surface area contributed by atoms with Crippen LogP contribution in [0, 0.1) is 0 Å². The first-order valence-electron chi connectivity index (χ1n) is 6.86. The Morgan fingerprint density at radius 3 is 2.84 bits per heavy atom. The number of ether oxygens (including phenoxy) is 1. The molecule has 0 aromatic heterocycles. The van der Waals surface area contributed by atoms with Crippen molar-refractivity contribution in [2.45, 2.75) is 31.3 Å². The Morgan fingerprint density at radius 1 is 1.32 bits per heavy atom. The zero-order valence-corrected chi connectivity index (χ0v) is 11.0. The Kier molecular flexibility index (Phi) is 3.29. The van der Waals surface area contributed by atoms with Crippen LogP contribution in [0.2, 0.25) is 0 Å². The molecule has 2 heterocycles. The van der Waals surface area contributed by atoms with Crippen LogP contribution >= 0.6 is 0 Å². The molecular weight excluding hydrogens is 242 g/mol. The highest BCUT2D eigenvalue weighted by Gasteiger charge is 2.35. The first-order valence-corrected chi connectivity index (χ1v) is 6.86. The van der Waals surface area contributed by atoms with Crippen LogP contribution in [0.5, 0.6) is 0 Å².